The van der Waals surface area contributed by atoms with Crippen LogP contribution in [0.5, 0.6) is 5.75 Å². The van der Waals surface area contributed by atoms with Crippen molar-refractivity contribution >= 4 is 5.88 Å². The van der Waals surface area contributed by atoms with E-state index in [0.29, 0.717) is 5.88 Å². The van der Waals surface area contributed by atoms with E-state index in [1.807, 2.05) is 24.3 Å². The fourth-order valence-corrected chi connectivity index (χ4v) is 3.29. The van der Waals surface area contributed by atoms with Gasteiger partial charge in [-0.1, -0.05) is 49.0 Å². The van der Waals surface area contributed by atoms with Crippen LogP contribution in [-0.4, -0.2) is 12.3 Å². The standard InChI is InChI=1S/C17H22N2O2/c1-20-15-9-5-4-8-13(15)16-14(19-21-17(16)18)11-10-12-6-2-3-7-12/h4-5,8-9,12H,2-3,6-7,10-11,18H2,1H3. The minimum atomic E-state index is 0.376. The van der Waals surface area contributed by atoms with Crippen molar-refractivity contribution in [1.29, 1.82) is 0 Å². The van der Waals surface area contributed by atoms with Gasteiger partial charge in [-0.15, -0.1) is 0 Å². The molecule has 1 fully saturated rings. The molecule has 0 spiro atoms. The zero-order chi connectivity index (χ0) is 14.7. The molecule has 1 heterocycles. The minimum Gasteiger partial charge on any atom is -0.496 e. The number of anilines is 1. The van der Waals surface area contributed by atoms with Gasteiger partial charge < -0.3 is 15.0 Å². The largest absolute Gasteiger partial charge is 0.496 e. The molecule has 0 aliphatic heterocycles. The van der Waals surface area contributed by atoms with E-state index < -0.39 is 0 Å². The minimum absolute atomic E-state index is 0.376. The summed E-state index contributed by atoms with van der Waals surface area (Å²) >= 11 is 0. The van der Waals surface area contributed by atoms with Crippen molar-refractivity contribution < 1.29 is 9.26 Å². The van der Waals surface area contributed by atoms with Crippen LogP contribution in [0.2, 0.25) is 0 Å². The van der Waals surface area contributed by atoms with E-state index in [-0.39, 0.29) is 0 Å². The molecule has 4 nitrogen and oxygen atoms in total. The molecule has 0 amide bonds. The van der Waals surface area contributed by atoms with E-state index >= 15 is 0 Å². The first-order chi connectivity index (χ1) is 10.3. The van der Waals surface area contributed by atoms with Gasteiger partial charge in [0.2, 0.25) is 5.88 Å². The van der Waals surface area contributed by atoms with Crippen LogP contribution in [0.3, 0.4) is 0 Å². The van der Waals surface area contributed by atoms with Gasteiger partial charge in [-0.05, 0) is 24.8 Å². The molecule has 0 unspecified atom stereocenters. The first-order valence-electron chi connectivity index (χ1n) is 7.67. The number of methoxy groups -OCH3 is 1. The van der Waals surface area contributed by atoms with Crippen LogP contribution in [0.4, 0.5) is 5.88 Å². The Bertz CT molecular complexity index is 601. The number of para-hydroxylation sites is 1. The normalized spacial score (nSPS) is 15.5. The Kier molecular flexibility index (Phi) is 4.13. The second-order valence-electron chi connectivity index (χ2n) is 5.76. The molecule has 112 valence electrons. The predicted octanol–water partition coefficient (Wildman–Crippen LogP) is 4.06. The monoisotopic (exact) mass is 286 g/mol. The van der Waals surface area contributed by atoms with Crippen molar-refractivity contribution in [3.63, 3.8) is 0 Å². The zero-order valence-electron chi connectivity index (χ0n) is 12.5. The number of aryl methyl sites for hydroxylation is 1. The lowest BCUT2D eigenvalue weighted by Gasteiger charge is -2.10. The highest BCUT2D eigenvalue weighted by Gasteiger charge is 2.21. The number of benzene rings is 1. The summed E-state index contributed by atoms with van der Waals surface area (Å²) in [6.45, 7) is 0. The van der Waals surface area contributed by atoms with Gasteiger partial charge in [0, 0.05) is 5.56 Å². The lowest BCUT2D eigenvalue weighted by Crippen LogP contribution is -1.99. The molecular weight excluding hydrogens is 264 g/mol. The molecular formula is C17H22N2O2. The van der Waals surface area contributed by atoms with Gasteiger partial charge in [0.1, 0.15) is 5.75 Å². The van der Waals surface area contributed by atoms with Crippen LogP contribution < -0.4 is 10.5 Å². The molecule has 0 atom stereocenters. The van der Waals surface area contributed by atoms with Crippen LogP contribution >= 0.6 is 0 Å². The summed E-state index contributed by atoms with van der Waals surface area (Å²) in [5.74, 6) is 2.00. The number of hydrogen-bond acceptors (Lipinski definition) is 4. The van der Waals surface area contributed by atoms with Gasteiger partial charge >= 0.3 is 0 Å². The Morgan fingerprint density at radius 2 is 2.05 bits per heavy atom. The fourth-order valence-electron chi connectivity index (χ4n) is 3.29. The summed E-state index contributed by atoms with van der Waals surface area (Å²) in [6, 6.07) is 7.86. The van der Waals surface area contributed by atoms with Crippen LogP contribution in [0.15, 0.2) is 28.8 Å². The van der Waals surface area contributed by atoms with Gasteiger partial charge in [0.05, 0.1) is 18.4 Å². The maximum atomic E-state index is 6.00. The number of nitrogen functional groups attached to an aromatic ring is 1. The summed E-state index contributed by atoms with van der Waals surface area (Å²) in [6.07, 6.45) is 7.50. The highest BCUT2D eigenvalue weighted by atomic mass is 16.5. The number of rotatable bonds is 5. The van der Waals surface area contributed by atoms with Crippen molar-refractivity contribution in [1.82, 2.24) is 5.16 Å². The second-order valence-corrected chi connectivity index (χ2v) is 5.76. The highest BCUT2D eigenvalue weighted by molar-refractivity contribution is 5.79. The molecule has 4 heteroatoms. The topological polar surface area (TPSA) is 61.3 Å². The van der Waals surface area contributed by atoms with Gasteiger partial charge in [-0.3, -0.25) is 0 Å². The third kappa shape index (κ3) is 2.89. The summed E-state index contributed by atoms with van der Waals surface area (Å²) < 4.78 is 10.7. The third-order valence-corrected chi connectivity index (χ3v) is 4.43. The Balaban J connectivity index is 1.85. The van der Waals surface area contributed by atoms with Crippen LogP contribution in [0.1, 0.15) is 37.8 Å². The fraction of sp³-hybridized carbons (Fsp3) is 0.471. The summed E-state index contributed by atoms with van der Waals surface area (Å²) in [4.78, 5) is 0. The van der Waals surface area contributed by atoms with E-state index in [4.69, 9.17) is 15.0 Å². The molecule has 2 aromatic rings. The quantitative estimate of drug-likeness (QED) is 0.900. The smallest absolute Gasteiger partial charge is 0.230 e. The lowest BCUT2D eigenvalue weighted by molar-refractivity contribution is 0.416. The predicted molar refractivity (Wildman–Crippen MR) is 83.2 cm³/mol. The molecule has 1 aromatic heterocycles. The molecule has 1 saturated carbocycles. The van der Waals surface area contributed by atoms with Gasteiger partial charge in [-0.2, -0.15) is 0 Å². The number of nitrogens with zero attached hydrogens (tertiary/aromatic N) is 1. The maximum Gasteiger partial charge on any atom is 0.230 e. The average molecular weight is 286 g/mol. The molecule has 0 saturated heterocycles. The zero-order valence-corrected chi connectivity index (χ0v) is 12.5. The van der Waals surface area contributed by atoms with E-state index in [1.165, 1.54) is 25.7 Å². The van der Waals surface area contributed by atoms with Crippen molar-refractivity contribution in [2.24, 2.45) is 5.92 Å². The highest BCUT2D eigenvalue weighted by Crippen LogP contribution is 2.37. The molecule has 1 aliphatic rings. The van der Waals surface area contributed by atoms with E-state index in [0.717, 1.165) is 41.3 Å². The van der Waals surface area contributed by atoms with E-state index in [1.54, 1.807) is 7.11 Å². The molecule has 1 aromatic carbocycles. The summed E-state index contributed by atoms with van der Waals surface area (Å²) in [5, 5.41) is 4.17. The Labute approximate surface area is 125 Å². The SMILES string of the molecule is COc1ccccc1-c1c(CCC2CCCC2)noc1N. The van der Waals surface area contributed by atoms with Crippen molar-refractivity contribution in [3.8, 4) is 16.9 Å². The first kappa shape index (κ1) is 14.0. The first-order valence-corrected chi connectivity index (χ1v) is 7.67. The molecule has 2 N–H and O–H groups in total. The number of ether oxygens (including phenoxy) is 1. The number of hydrogen-bond donors (Lipinski definition) is 1. The molecule has 21 heavy (non-hydrogen) atoms. The Hall–Kier alpha value is -1.97. The van der Waals surface area contributed by atoms with Crippen molar-refractivity contribution in [3.05, 3.63) is 30.0 Å². The van der Waals surface area contributed by atoms with Gasteiger partial charge in [0.25, 0.3) is 0 Å². The van der Waals surface area contributed by atoms with Crippen LogP contribution in [0, 0.1) is 5.92 Å². The molecule has 3 rings (SSSR count). The van der Waals surface area contributed by atoms with Crippen LogP contribution in [-0.2, 0) is 6.42 Å². The number of aromatic nitrogens is 1. The van der Waals surface area contributed by atoms with Crippen LogP contribution in [0.25, 0.3) is 11.1 Å². The average Bonchev–Trinajstić information content (AvgIpc) is 3.14. The van der Waals surface area contributed by atoms with E-state index in [9.17, 15) is 0 Å². The third-order valence-electron chi connectivity index (χ3n) is 4.43. The van der Waals surface area contributed by atoms with Crippen molar-refractivity contribution in [2.75, 3.05) is 12.8 Å². The molecule has 0 radical (unpaired) electrons. The van der Waals surface area contributed by atoms with Gasteiger partial charge in [0.15, 0.2) is 0 Å². The Morgan fingerprint density at radius 3 is 2.81 bits per heavy atom. The summed E-state index contributed by atoms with van der Waals surface area (Å²) in [7, 11) is 1.67. The lowest BCUT2D eigenvalue weighted by atomic mass is 9.96. The Morgan fingerprint density at radius 1 is 1.29 bits per heavy atom. The molecule has 1 aliphatic carbocycles. The second kappa shape index (κ2) is 6.20. The number of nitrogens with two attached hydrogens (primary N) is 1. The summed E-state index contributed by atoms with van der Waals surface area (Å²) in [5.41, 5.74) is 8.80. The molecule has 0 bridgehead atoms. The maximum absolute atomic E-state index is 6.00. The van der Waals surface area contributed by atoms with E-state index in [2.05, 4.69) is 5.16 Å². The van der Waals surface area contributed by atoms with Crippen molar-refractivity contribution in [2.45, 2.75) is 38.5 Å². The van der Waals surface area contributed by atoms with Gasteiger partial charge in [-0.25, -0.2) is 0 Å².